The van der Waals surface area contributed by atoms with E-state index in [0.29, 0.717) is 0 Å². The third kappa shape index (κ3) is 11.2. The number of aromatic nitrogens is 6. The summed E-state index contributed by atoms with van der Waals surface area (Å²) in [6.45, 7) is 26.1. The topological polar surface area (TPSA) is 26.4 Å². The molecule has 4 aromatic carbocycles. The highest BCUT2D eigenvalue weighted by atomic mass is 35.5. The smallest absolute Gasteiger partial charge is 0.254 e. The standard InChI is InChI=1S/2C21H25N2.C15H25N2.ClH/c2*1-14-9-16(3)20(17(4)10-14)22-7-8-23(13-22)21-18(5)11-15(2)12-19(21)6;1-3-7-14(8-4-1)16-11-12-17(13-16)15-9-5-2-6-10-15;/h2*7-13H,1-6H3;11-15H,1-10H2;1H/q3*+1;/p-1. The van der Waals surface area contributed by atoms with Gasteiger partial charge >= 0.3 is 0 Å². The Labute approximate surface area is 391 Å². The van der Waals surface area contributed by atoms with Gasteiger partial charge in [0.1, 0.15) is 72.0 Å². The number of nitrogens with zero attached hydrogens (tertiary/aromatic N) is 6. The first-order valence-corrected chi connectivity index (χ1v) is 23.8. The minimum absolute atomic E-state index is 0. The molecule has 3 heterocycles. The average molecular weight is 880 g/mol. The van der Waals surface area contributed by atoms with E-state index in [1.807, 2.05) is 0 Å². The van der Waals surface area contributed by atoms with Crippen LogP contribution in [0, 0.1) is 83.1 Å². The van der Waals surface area contributed by atoms with Gasteiger partial charge in [0.05, 0.1) is 0 Å². The largest absolute Gasteiger partial charge is 1.00 e. The minimum Gasteiger partial charge on any atom is -1.00 e. The second-order valence-corrected chi connectivity index (χ2v) is 19.3. The van der Waals surface area contributed by atoms with Crippen LogP contribution in [0.3, 0.4) is 0 Å². The van der Waals surface area contributed by atoms with Crippen LogP contribution < -0.4 is 26.1 Å². The van der Waals surface area contributed by atoms with Crippen LogP contribution >= 0.6 is 0 Å². The molecule has 64 heavy (non-hydrogen) atoms. The first-order chi connectivity index (χ1) is 30.2. The molecule has 0 spiro atoms. The molecule has 0 saturated heterocycles. The Balaban J connectivity index is 0.000000160. The summed E-state index contributed by atoms with van der Waals surface area (Å²) in [5.74, 6) is 0. The maximum atomic E-state index is 2.48. The van der Waals surface area contributed by atoms with E-state index < -0.39 is 0 Å². The number of benzene rings is 4. The summed E-state index contributed by atoms with van der Waals surface area (Å²) in [4.78, 5) is 0. The molecule has 338 valence electrons. The number of rotatable bonds is 6. The summed E-state index contributed by atoms with van der Waals surface area (Å²) in [7, 11) is 0. The van der Waals surface area contributed by atoms with Crippen LogP contribution in [-0.2, 0) is 0 Å². The lowest BCUT2D eigenvalue weighted by Gasteiger charge is -2.20. The van der Waals surface area contributed by atoms with Gasteiger partial charge in [0, 0.05) is 0 Å². The van der Waals surface area contributed by atoms with Gasteiger partial charge in [-0.1, -0.05) is 83.6 Å². The lowest BCUT2D eigenvalue weighted by molar-refractivity contribution is -0.725. The normalized spacial score (nSPS) is 14.3. The van der Waals surface area contributed by atoms with Crippen LogP contribution in [0.5, 0.6) is 0 Å². The molecule has 0 bridgehead atoms. The Hall–Kier alpha value is -5.20. The van der Waals surface area contributed by atoms with Crippen molar-refractivity contribution in [2.45, 2.75) is 159 Å². The first-order valence-electron chi connectivity index (χ1n) is 23.8. The van der Waals surface area contributed by atoms with Gasteiger partial charge in [-0.05, 0) is 179 Å². The van der Waals surface area contributed by atoms with Gasteiger partial charge in [-0.15, -0.1) is 0 Å². The van der Waals surface area contributed by atoms with Crippen LogP contribution in [0.1, 0.15) is 143 Å². The lowest BCUT2D eigenvalue weighted by Crippen LogP contribution is -3.00. The monoisotopic (exact) mass is 879 g/mol. The zero-order chi connectivity index (χ0) is 44.9. The van der Waals surface area contributed by atoms with Gasteiger partial charge in [0.2, 0.25) is 6.33 Å². The molecule has 2 fully saturated rings. The molecule has 7 heteroatoms. The van der Waals surface area contributed by atoms with E-state index in [0.717, 1.165) is 12.1 Å². The van der Waals surface area contributed by atoms with E-state index in [2.05, 4.69) is 215 Å². The summed E-state index contributed by atoms with van der Waals surface area (Å²) < 4.78 is 13.9. The number of hydrogen-bond donors (Lipinski definition) is 0. The molecule has 0 atom stereocenters. The highest BCUT2D eigenvalue weighted by Gasteiger charge is 2.24. The van der Waals surface area contributed by atoms with Crippen molar-refractivity contribution in [3.8, 4) is 22.7 Å². The zero-order valence-electron chi connectivity index (χ0n) is 41.1. The summed E-state index contributed by atoms with van der Waals surface area (Å²) in [5.41, 5.74) is 20.8. The summed E-state index contributed by atoms with van der Waals surface area (Å²) in [6.07, 6.45) is 34.1. The van der Waals surface area contributed by atoms with Crippen molar-refractivity contribution in [3.63, 3.8) is 0 Å². The highest BCUT2D eigenvalue weighted by molar-refractivity contribution is 5.51. The number of imidazole rings is 3. The van der Waals surface area contributed by atoms with Gasteiger partial charge in [0.25, 0.3) is 12.7 Å². The van der Waals surface area contributed by atoms with Crippen LogP contribution in [0.15, 0.2) is 105 Å². The number of aryl methyl sites for hydroxylation is 12. The van der Waals surface area contributed by atoms with Crippen LogP contribution in [0.25, 0.3) is 22.7 Å². The Morgan fingerprint density at radius 1 is 0.391 bits per heavy atom. The van der Waals surface area contributed by atoms with E-state index in [4.69, 9.17) is 0 Å². The zero-order valence-corrected chi connectivity index (χ0v) is 41.9. The average Bonchev–Trinajstić information content (AvgIpc) is 4.01. The molecule has 3 aromatic heterocycles. The molecule has 2 aliphatic carbocycles. The van der Waals surface area contributed by atoms with Gasteiger partial charge in [-0.25, -0.2) is 27.4 Å². The van der Waals surface area contributed by atoms with E-state index in [9.17, 15) is 0 Å². The Bertz CT molecular complexity index is 2260. The summed E-state index contributed by atoms with van der Waals surface area (Å²) in [5, 5.41) is 0. The van der Waals surface area contributed by atoms with Crippen molar-refractivity contribution in [2.24, 2.45) is 0 Å². The van der Waals surface area contributed by atoms with E-state index in [1.54, 1.807) is 0 Å². The molecule has 6 nitrogen and oxygen atoms in total. The summed E-state index contributed by atoms with van der Waals surface area (Å²) in [6, 6.07) is 19.5. The molecule has 7 aromatic rings. The second-order valence-electron chi connectivity index (χ2n) is 19.3. The molecular weight excluding hydrogens is 804 g/mol. The number of hydrogen-bond acceptors (Lipinski definition) is 0. The maximum Gasteiger partial charge on any atom is 0.254 e. The van der Waals surface area contributed by atoms with Gasteiger partial charge < -0.3 is 12.4 Å². The van der Waals surface area contributed by atoms with Gasteiger partial charge in [0.15, 0.2) is 0 Å². The SMILES string of the molecule is Cc1cc(C)c(-n2cc[n+](-c3c(C)cc(C)cc3C)c2)c(C)c1.Cc1cc(C)c(-n2cc[n+](-c3c(C)cc(C)cc3C)c2)c(C)c1.[Cl-].c1c[n+](C2CCCCC2)cn1C1CCCCC1. The van der Waals surface area contributed by atoms with Crippen molar-refractivity contribution in [3.05, 3.63) is 171 Å². The van der Waals surface area contributed by atoms with Crippen molar-refractivity contribution in [2.75, 3.05) is 0 Å². The van der Waals surface area contributed by atoms with Crippen molar-refractivity contribution >= 4 is 0 Å². The third-order valence-corrected chi connectivity index (χ3v) is 13.5. The molecule has 0 unspecified atom stereocenters. The van der Waals surface area contributed by atoms with Crippen LogP contribution in [0.4, 0.5) is 0 Å². The Kier molecular flexibility index (Phi) is 16.0. The second kappa shape index (κ2) is 21.2. The van der Waals surface area contributed by atoms with Crippen LogP contribution in [0.2, 0.25) is 0 Å². The predicted molar refractivity (Wildman–Crippen MR) is 260 cm³/mol. The molecule has 0 radical (unpaired) electrons. The highest BCUT2D eigenvalue weighted by Crippen LogP contribution is 2.29. The van der Waals surface area contributed by atoms with E-state index >= 15 is 0 Å². The number of halogens is 1. The first kappa shape index (κ1) is 48.3. The lowest BCUT2D eigenvalue weighted by atomic mass is 9.95. The quantitative estimate of drug-likeness (QED) is 0.149. The Morgan fingerprint density at radius 2 is 0.734 bits per heavy atom. The van der Waals surface area contributed by atoms with Gasteiger partial charge in [-0.3, -0.25) is 0 Å². The molecule has 0 aliphatic heterocycles. The molecule has 2 aliphatic rings. The fraction of sp³-hybridized carbons (Fsp3) is 0.421. The van der Waals surface area contributed by atoms with Crippen molar-refractivity contribution in [1.82, 2.24) is 13.7 Å². The summed E-state index contributed by atoms with van der Waals surface area (Å²) >= 11 is 0. The van der Waals surface area contributed by atoms with E-state index in [-0.39, 0.29) is 12.4 Å². The fourth-order valence-corrected chi connectivity index (χ4v) is 11.1. The molecular formula is C57H75ClN6+2. The van der Waals surface area contributed by atoms with E-state index in [1.165, 1.54) is 154 Å². The Morgan fingerprint density at radius 3 is 1.11 bits per heavy atom. The molecule has 0 N–H and O–H groups in total. The minimum atomic E-state index is 0. The molecule has 2 saturated carbocycles. The van der Waals surface area contributed by atoms with Gasteiger partial charge in [-0.2, -0.15) is 0 Å². The molecule has 0 amide bonds. The maximum absolute atomic E-state index is 2.48. The third-order valence-electron chi connectivity index (χ3n) is 13.5. The van der Waals surface area contributed by atoms with Crippen molar-refractivity contribution < 1.29 is 26.1 Å². The van der Waals surface area contributed by atoms with Crippen molar-refractivity contribution in [1.29, 1.82) is 0 Å². The molecule has 9 rings (SSSR count). The van der Waals surface area contributed by atoms with Crippen LogP contribution in [-0.4, -0.2) is 13.7 Å². The predicted octanol–water partition coefficient (Wildman–Crippen LogP) is 10.00. The fourth-order valence-electron chi connectivity index (χ4n) is 11.1.